The highest BCUT2D eigenvalue weighted by atomic mass is 32.1. The second-order valence-electron chi connectivity index (χ2n) is 6.65. The maximum atomic E-state index is 4.95. The van der Waals surface area contributed by atoms with Crippen molar-refractivity contribution in [2.24, 2.45) is 0 Å². The average molecular weight is 401 g/mol. The first-order valence-corrected chi connectivity index (χ1v) is 10.4. The van der Waals surface area contributed by atoms with E-state index in [1.54, 1.807) is 29.9 Å². The second-order valence-corrected chi connectivity index (χ2v) is 7.60. The Morgan fingerprint density at radius 3 is 2.17 bits per heavy atom. The summed E-state index contributed by atoms with van der Waals surface area (Å²) >= 11 is 1.68. The summed E-state index contributed by atoms with van der Waals surface area (Å²) in [5, 5.41) is 2.07. The quantitative estimate of drug-likeness (QED) is 0.519. The van der Waals surface area contributed by atoms with Crippen molar-refractivity contribution in [1.29, 1.82) is 0 Å². The van der Waals surface area contributed by atoms with Crippen LogP contribution in [0, 0.1) is 0 Å². The molecule has 4 aromatic heterocycles. The summed E-state index contributed by atoms with van der Waals surface area (Å²) in [5.41, 5.74) is 2.76. The highest BCUT2D eigenvalue weighted by Gasteiger charge is 2.22. The number of anilines is 2. The molecule has 0 radical (unpaired) electrons. The van der Waals surface area contributed by atoms with Gasteiger partial charge >= 0.3 is 0 Å². The minimum atomic E-state index is 0.752. The summed E-state index contributed by atoms with van der Waals surface area (Å²) in [7, 11) is 0. The molecule has 0 bridgehead atoms. The SMILES string of the molecule is c1ccc(-c2cnc(N3CCN(c4ncccn4)CC3)nc2-c2cccs2)nc1. The van der Waals surface area contributed by atoms with Crippen molar-refractivity contribution in [3.63, 3.8) is 0 Å². The van der Waals surface area contributed by atoms with Crippen LogP contribution in [-0.4, -0.2) is 51.1 Å². The molecular formula is C21H19N7S. The summed E-state index contributed by atoms with van der Waals surface area (Å²) in [6.45, 7) is 3.32. The first-order chi connectivity index (χ1) is 14.4. The molecule has 0 unspecified atom stereocenters. The monoisotopic (exact) mass is 401 g/mol. The molecule has 0 N–H and O–H groups in total. The fourth-order valence-electron chi connectivity index (χ4n) is 3.40. The molecule has 144 valence electrons. The Morgan fingerprint density at radius 1 is 0.724 bits per heavy atom. The van der Waals surface area contributed by atoms with E-state index in [2.05, 4.69) is 41.2 Å². The van der Waals surface area contributed by atoms with E-state index in [1.807, 2.05) is 36.5 Å². The van der Waals surface area contributed by atoms with Gasteiger partial charge in [0.25, 0.3) is 0 Å². The lowest BCUT2D eigenvalue weighted by Crippen LogP contribution is -2.47. The normalized spacial score (nSPS) is 14.2. The van der Waals surface area contributed by atoms with Crippen molar-refractivity contribution in [2.75, 3.05) is 36.0 Å². The molecule has 0 saturated carbocycles. The number of nitrogens with zero attached hydrogens (tertiary/aromatic N) is 7. The predicted molar refractivity (Wildman–Crippen MR) is 115 cm³/mol. The van der Waals surface area contributed by atoms with Gasteiger partial charge in [-0.3, -0.25) is 4.98 Å². The van der Waals surface area contributed by atoms with Crippen molar-refractivity contribution < 1.29 is 0 Å². The topological polar surface area (TPSA) is 70.9 Å². The molecule has 1 aliphatic rings. The van der Waals surface area contributed by atoms with Crippen molar-refractivity contribution in [3.05, 3.63) is 66.6 Å². The van der Waals surface area contributed by atoms with E-state index < -0.39 is 0 Å². The summed E-state index contributed by atoms with van der Waals surface area (Å²) in [5.74, 6) is 1.53. The molecule has 8 heteroatoms. The van der Waals surface area contributed by atoms with Crippen LogP contribution in [0.3, 0.4) is 0 Å². The molecule has 5 heterocycles. The Morgan fingerprint density at radius 2 is 1.48 bits per heavy atom. The van der Waals surface area contributed by atoms with Crippen molar-refractivity contribution >= 4 is 23.2 Å². The molecular weight excluding hydrogens is 382 g/mol. The zero-order valence-corrected chi connectivity index (χ0v) is 16.5. The lowest BCUT2D eigenvalue weighted by molar-refractivity contribution is 0.628. The Kier molecular flexibility index (Phi) is 4.83. The first kappa shape index (κ1) is 17.7. The minimum Gasteiger partial charge on any atom is -0.337 e. The molecule has 0 aliphatic carbocycles. The van der Waals surface area contributed by atoms with Gasteiger partial charge in [0.1, 0.15) is 0 Å². The fourth-order valence-corrected chi connectivity index (χ4v) is 4.12. The van der Waals surface area contributed by atoms with Gasteiger partial charge in [-0.25, -0.2) is 19.9 Å². The van der Waals surface area contributed by atoms with E-state index in [4.69, 9.17) is 4.98 Å². The molecule has 1 saturated heterocycles. The third-order valence-corrected chi connectivity index (χ3v) is 5.75. The highest BCUT2D eigenvalue weighted by molar-refractivity contribution is 7.13. The predicted octanol–water partition coefficient (Wildman–Crippen LogP) is 3.38. The second kappa shape index (κ2) is 7.92. The third kappa shape index (κ3) is 3.66. The number of hydrogen-bond acceptors (Lipinski definition) is 8. The fraction of sp³-hybridized carbons (Fsp3) is 0.190. The number of thiophene rings is 1. The first-order valence-electron chi connectivity index (χ1n) is 9.48. The van der Waals surface area contributed by atoms with Gasteiger partial charge in [0.15, 0.2) is 0 Å². The number of rotatable bonds is 4. The number of pyridine rings is 1. The largest absolute Gasteiger partial charge is 0.337 e. The summed E-state index contributed by atoms with van der Waals surface area (Å²) in [4.78, 5) is 28.4. The zero-order chi connectivity index (χ0) is 19.5. The third-order valence-electron chi connectivity index (χ3n) is 4.87. The van der Waals surface area contributed by atoms with Crippen LogP contribution in [-0.2, 0) is 0 Å². The maximum Gasteiger partial charge on any atom is 0.226 e. The van der Waals surface area contributed by atoms with Gasteiger partial charge in [0.2, 0.25) is 11.9 Å². The van der Waals surface area contributed by atoms with Crippen LogP contribution in [0.15, 0.2) is 66.6 Å². The summed E-state index contributed by atoms with van der Waals surface area (Å²) < 4.78 is 0. The minimum absolute atomic E-state index is 0.752. The van der Waals surface area contributed by atoms with Gasteiger partial charge in [0.05, 0.1) is 16.3 Å². The zero-order valence-electron chi connectivity index (χ0n) is 15.7. The average Bonchev–Trinajstić information content (AvgIpc) is 3.35. The van der Waals surface area contributed by atoms with E-state index in [9.17, 15) is 0 Å². The van der Waals surface area contributed by atoms with Crippen LogP contribution in [0.1, 0.15) is 0 Å². The maximum absolute atomic E-state index is 4.95. The van der Waals surface area contributed by atoms with Crippen LogP contribution in [0.4, 0.5) is 11.9 Å². The van der Waals surface area contributed by atoms with Gasteiger partial charge < -0.3 is 9.80 Å². The molecule has 4 aromatic rings. The number of aromatic nitrogens is 5. The van der Waals surface area contributed by atoms with Crippen molar-refractivity contribution in [1.82, 2.24) is 24.9 Å². The Labute approximate surface area is 172 Å². The van der Waals surface area contributed by atoms with E-state index >= 15 is 0 Å². The standard InChI is InChI=1S/C21H19N7S/c1-2-7-22-17(5-1)16-15-25-21(26-19(16)18-6-3-14-29-18)28-12-10-27(11-13-28)20-23-8-4-9-24-20/h1-9,14-15H,10-13H2. The Hall–Kier alpha value is -3.39. The van der Waals surface area contributed by atoms with E-state index in [0.717, 1.165) is 59.9 Å². The molecule has 5 rings (SSSR count). The molecule has 7 nitrogen and oxygen atoms in total. The Balaban J connectivity index is 1.42. The number of piperazine rings is 1. The van der Waals surface area contributed by atoms with Gasteiger partial charge in [-0.05, 0) is 29.6 Å². The van der Waals surface area contributed by atoms with Gasteiger partial charge in [0, 0.05) is 56.5 Å². The van der Waals surface area contributed by atoms with E-state index in [0.29, 0.717) is 0 Å². The summed E-state index contributed by atoms with van der Waals surface area (Å²) in [6.07, 6.45) is 7.25. The van der Waals surface area contributed by atoms with Crippen molar-refractivity contribution in [2.45, 2.75) is 0 Å². The van der Waals surface area contributed by atoms with Crippen LogP contribution in [0.2, 0.25) is 0 Å². The van der Waals surface area contributed by atoms with Crippen LogP contribution in [0.5, 0.6) is 0 Å². The Bertz CT molecular complexity index is 1060. The molecule has 0 amide bonds. The number of hydrogen-bond donors (Lipinski definition) is 0. The van der Waals surface area contributed by atoms with Gasteiger partial charge in [-0.15, -0.1) is 11.3 Å². The highest BCUT2D eigenvalue weighted by Crippen LogP contribution is 2.33. The van der Waals surface area contributed by atoms with Crippen molar-refractivity contribution in [3.8, 4) is 21.8 Å². The van der Waals surface area contributed by atoms with Crippen LogP contribution in [0.25, 0.3) is 21.8 Å². The molecule has 0 atom stereocenters. The summed E-state index contributed by atoms with van der Waals surface area (Å²) in [6, 6.07) is 11.9. The molecule has 29 heavy (non-hydrogen) atoms. The van der Waals surface area contributed by atoms with E-state index in [1.165, 1.54) is 0 Å². The smallest absolute Gasteiger partial charge is 0.226 e. The lowest BCUT2D eigenvalue weighted by atomic mass is 10.1. The molecule has 1 aliphatic heterocycles. The lowest BCUT2D eigenvalue weighted by Gasteiger charge is -2.34. The van der Waals surface area contributed by atoms with Crippen LogP contribution >= 0.6 is 11.3 Å². The molecule has 0 spiro atoms. The van der Waals surface area contributed by atoms with Crippen LogP contribution < -0.4 is 9.80 Å². The van der Waals surface area contributed by atoms with Gasteiger partial charge in [-0.2, -0.15) is 0 Å². The van der Waals surface area contributed by atoms with E-state index in [-0.39, 0.29) is 0 Å². The molecule has 0 aromatic carbocycles. The van der Waals surface area contributed by atoms with Gasteiger partial charge in [-0.1, -0.05) is 12.1 Å². The molecule has 1 fully saturated rings.